The van der Waals surface area contributed by atoms with Crippen molar-refractivity contribution < 1.29 is 39.0 Å². The van der Waals surface area contributed by atoms with E-state index in [0.717, 1.165) is 58.9 Å². The Morgan fingerprint density at radius 3 is 0.833 bits per heavy atom. The van der Waals surface area contributed by atoms with Crippen LogP contribution in [0.2, 0.25) is 0 Å². The van der Waals surface area contributed by atoms with Gasteiger partial charge in [0.05, 0.1) is 0 Å². The molecule has 0 aromatic heterocycles. The fourth-order valence-corrected chi connectivity index (χ4v) is 0.474. The van der Waals surface area contributed by atoms with Gasteiger partial charge in [0.25, 0.3) is 0 Å². The Bertz CT molecular complexity index is 70.2. The predicted octanol–water partition coefficient (Wildman–Crippen LogP) is 1.83. The zero-order valence-electron chi connectivity index (χ0n) is 12.3. The van der Waals surface area contributed by atoms with Gasteiger partial charge in [-0.05, 0) is 19.3 Å². The second-order valence-corrected chi connectivity index (χ2v) is 3.23. The van der Waals surface area contributed by atoms with Gasteiger partial charge in [0.1, 0.15) is 0 Å². The first-order chi connectivity index (χ1) is 8.24. The molecule has 0 amide bonds. The molecule has 0 rings (SSSR count). The molecule has 6 heteroatoms. The number of hydrogen-bond donors (Lipinski definition) is 3. The van der Waals surface area contributed by atoms with Crippen LogP contribution in [-0.2, 0) is 23.7 Å². The van der Waals surface area contributed by atoms with E-state index in [2.05, 4.69) is 20.8 Å². The zero-order valence-corrected chi connectivity index (χ0v) is 15.3. The summed E-state index contributed by atoms with van der Waals surface area (Å²) in [5.74, 6) is 0. The molecule has 0 spiro atoms. The Balaban J connectivity index is -0.0000000427. The SMILES string of the molecule is CCCCO.CCCCO.CCCCO.[Mg+2].[O]=[Ti]. The molecule has 0 bridgehead atoms. The van der Waals surface area contributed by atoms with E-state index in [1.807, 2.05) is 0 Å². The third-order valence-corrected chi connectivity index (χ3v) is 1.54. The molecule has 0 heterocycles. The molecular weight excluding hydrogens is 280 g/mol. The summed E-state index contributed by atoms with van der Waals surface area (Å²) in [6.07, 6.45) is 6.11. The zero-order chi connectivity index (χ0) is 14.4. The van der Waals surface area contributed by atoms with Gasteiger partial charge in [0.2, 0.25) is 0 Å². The molecule has 0 atom stereocenters. The van der Waals surface area contributed by atoms with Crippen LogP contribution in [-0.4, -0.2) is 58.2 Å². The van der Waals surface area contributed by atoms with E-state index in [0.29, 0.717) is 19.8 Å². The van der Waals surface area contributed by atoms with Crippen LogP contribution in [0.1, 0.15) is 59.3 Å². The summed E-state index contributed by atoms with van der Waals surface area (Å²) in [5.41, 5.74) is 0. The topological polar surface area (TPSA) is 77.8 Å². The number of rotatable bonds is 6. The van der Waals surface area contributed by atoms with Gasteiger partial charge in [-0.2, -0.15) is 0 Å². The van der Waals surface area contributed by atoms with E-state index in [1.54, 1.807) is 0 Å². The van der Waals surface area contributed by atoms with E-state index < -0.39 is 0 Å². The average molecular weight is 311 g/mol. The third-order valence-electron chi connectivity index (χ3n) is 1.54. The summed E-state index contributed by atoms with van der Waals surface area (Å²) in [6, 6.07) is 0. The van der Waals surface area contributed by atoms with Crippen molar-refractivity contribution in [2.75, 3.05) is 19.8 Å². The van der Waals surface area contributed by atoms with Gasteiger partial charge >= 0.3 is 46.8 Å². The Kier molecular flexibility index (Phi) is 90.7. The molecule has 0 aromatic rings. The fourth-order valence-electron chi connectivity index (χ4n) is 0.474. The van der Waals surface area contributed by atoms with Crippen LogP contribution in [0, 0.1) is 0 Å². The third kappa shape index (κ3) is 87.4. The van der Waals surface area contributed by atoms with E-state index >= 15 is 0 Å². The van der Waals surface area contributed by atoms with Gasteiger partial charge in [-0.1, -0.05) is 40.0 Å². The van der Waals surface area contributed by atoms with Crippen molar-refractivity contribution in [1.29, 1.82) is 0 Å². The van der Waals surface area contributed by atoms with Crippen LogP contribution in [0.5, 0.6) is 0 Å². The average Bonchev–Trinajstić information content (AvgIpc) is 2.36. The Hall–Kier alpha value is 1.16. The van der Waals surface area contributed by atoms with Crippen molar-refractivity contribution >= 4 is 23.1 Å². The molecule has 0 saturated heterocycles. The van der Waals surface area contributed by atoms with Crippen molar-refractivity contribution in [2.45, 2.75) is 59.3 Å². The van der Waals surface area contributed by atoms with Crippen molar-refractivity contribution in [2.24, 2.45) is 0 Å². The summed E-state index contributed by atoms with van der Waals surface area (Å²) in [7, 11) is 0. The molecule has 0 aliphatic rings. The van der Waals surface area contributed by atoms with Gasteiger partial charge in [0, 0.05) is 19.8 Å². The minimum atomic E-state index is 0. The molecule has 0 radical (unpaired) electrons. The van der Waals surface area contributed by atoms with Gasteiger partial charge in [-0.3, -0.25) is 0 Å². The maximum atomic E-state index is 8.25. The fraction of sp³-hybridized carbons (Fsp3) is 1.00. The van der Waals surface area contributed by atoms with Gasteiger partial charge in [-0.15, -0.1) is 0 Å². The van der Waals surface area contributed by atoms with Crippen LogP contribution in [0.25, 0.3) is 0 Å². The normalized spacial score (nSPS) is 7.17. The second-order valence-electron chi connectivity index (χ2n) is 3.23. The summed E-state index contributed by atoms with van der Waals surface area (Å²) >= 11 is 0.750. The predicted molar refractivity (Wildman–Crippen MR) is 72.4 cm³/mol. The number of hydrogen-bond acceptors (Lipinski definition) is 4. The molecule has 106 valence electrons. The monoisotopic (exact) mass is 310 g/mol. The second kappa shape index (κ2) is 51.8. The molecule has 0 aliphatic heterocycles. The molecule has 0 aromatic carbocycles. The van der Waals surface area contributed by atoms with Crippen LogP contribution >= 0.6 is 0 Å². The molecule has 0 unspecified atom stereocenters. The van der Waals surface area contributed by atoms with Gasteiger partial charge in [0.15, 0.2) is 0 Å². The van der Waals surface area contributed by atoms with E-state index in [4.69, 9.17) is 18.6 Å². The van der Waals surface area contributed by atoms with Crippen molar-refractivity contribution in [3.8, 4) is 0 Å². The first-order valence-corrected chi connectivity index (χ1v) is 6.91. The van der Waals surface area contributed by atoms with Gasteiger partial charge < -0.3 is 15.3 Å². The molecule has 4 nitrogen and oxygen atoms in total. The molecule has 0 aliphatic carbocycles. The Morgan fingerprint density at radius 2 is 0.833 bits per heavy atom. The van der Waals surface area contributed by atoms with E-state index in [1.165, 1.54) is 0 Å². The van der Waals surface area contributed by atoms with Crippen molar-refractivity contribution in [1.82, 2.24) is 0 Å². The van der Waals surface area contributed by atoms with E-state index in [-0.39, 0.29) is 23.1 Å². The van der Waals surface area contributed by atoms with Crippen LogP contribution in [0.15, 0.2) is 0 Å². The first-order valence-electron chi connectivity index (χ1n) is 6.27. The molecule has 18 heavy (non-hydrogen) atoms. The van der Waals surface area contributed by atoms with Crippen molar-refractivity contribution in [3.63, 3.8) is 0 Å². The number of unbranched alkanes of at least 4 members (excludes halogenated alkanes) is 3. The number of aliphatic hydroxyl groups is 3. The van der Waals surface area contributed by atoms with Crippen LogP contribution in [0.4, 0.5) is 0 Å². The number of aliphatic hydroxyl groups excluding tert-OH is 3. The maximum absolute atomic E-state index is 8.25. The van der Waals surface area contributed by atoms with Crippen LogP contribution in [0.3, 0.4) is 0 Å². The standard InChI is InChI=1S/3C4H10O.Mg.O.Ti/c3*1-2-3-4-5;;;/h3*5H,2-4H2,1H3;;;/q;;;+2;;. The summed E-state index contributed by atoms with van der Waals surface area (Å²) in [5, 5.41) is 24.2. The Morgan fingerprint density at radius 1 is 0.667 bits per heavy atom. The summed E-state index contributed by atoms with van der Waals surface area (Å²) in [4.78, 5) is 0. The quantitative estimate of drug-likeness (QED) is 0.654. The summed E-state index contributed by atoms with van der Waals surface area (Å²) in [6.45, 7) is 7.19. The minimum absolute atomic E-state index is 0. The molecule has 0 saturated carbocycles. The van der Waals surface area contributed by atoms with E-state index in [9.17, 15) is 0 Å². The van der Waals surface area contributed by atoms with Crippen LogP contribution < -0.4 is 0 Å². The first kappa shape index (κ1) is 31.5. The molecular formula is C12H30MgO4Ti+2. The van der Waals surface area contributed by atoms with Crippen molar-refractivity contribution in [3.05, 3.63) is 0 Å². The Labute approximate surface area is 140 Å². The molecule has 3 N–H and O–H groups in total. The summed E-state index contributed by atoms with van der Waals surface area (Å²) < 4.78 is 8.25. The molecule has 0 fully saturated rings. The van der Waals surface area contributed by atoms with Gasteiger partial charge in [-0.25, -0.2) is 0 Å².